The fourth-order valence-electron chi connectivity index (χ4n) is 1.46. The van der Waals surface area contributed by atoms with Crippen molar-refractivity contribution in [2.24, 2.45) is 5.73 Å². The molecule has 21 heavy (non-hydrogen) atoms. The van der Waals surface area contributed by atoms with Gasteiger partial charge in [0.2, 0.25) is 0 Å². The number of hydrogen-bond acceptors (Lipinski definition) is 2. The molecule has 0 radical (unpaired) electrons. The van der Waals surface area contributed by atoms with Gasteiger partial charge in [-0.2, -0.15) is 26.3 Å². The molecular formula is C10H7F7N2OS. The minimum atomic E-state index is -6.09. The summed E-state index contributed by atoms with van der Waals surface area (Å²) in [6.45, 7) is 0. The van der Waals surface area contributed by atoms with E-state index < -0.39 is 40.1 Å². The molecule has 1 rings (SSSR count). The van der Waals surface area contributed by atoms with Crippen LogP contribution >= 0.6 is 12.2 Å². The first-order chi connectivity index (χ1) is 9.30. The smallest absolute Gasteiger partial charge is 0.376 e. The zero-order valence-corrected chi connectivity index (χ0v) is 10.6. The van der Waals surface area contributed by atoms with Crippen molar-refractivity contribution in [3.05, 3.63) is 29.6 Å². The van der Waals surface area contributed by atoms with Crippen LogP contribution in [0.3, 0.4) is 0 Å². The normalized spacial score (nSPS) is 13.1. The fourth-order valence-corrected chi connectivity index (χ4v) is 1.57. The van der Waals surface area contributed by atoms with Crippen molar-refractivity contribution in [2.45, 2.75) is 18.0 Å². The van der Waals surface area contributed by atoms with Crippen molar-refractivity contribution in [1.29, 1.82) is 0 Å². The largest absolute Gasteiger partial charge is 0.430 e. The number of hydrogen-bond donors (Lipinski definition) is 3. The Kier molecular flexibility index (Phi) is 4.40. The van der Waals surface area contributed by atoms with E-state index in [0.29, 0.717) is 6.07 Å². The van der Waals surface area contributed by atoms with Gasteiger partial charge in [0.1, 0.15) is 5.82 Å². The highest BCUT2D eigenvalue weighted by Crippen LogP contribution is 2.50. The number of aliphatic hydroxyl groups is 1. The fraction of sp³-hybridized carbons (Fsp3) is 0.300. The molecule has 0 saturated heterocycles. The lowest BCUT2D eigenvalue weighted by atomic mass is 9.92. The first-order valence-corrected chi connectivity index (χ1v) is 5.44. The van der Waals surface area contributed by atoms with Gasteiger partial charge in [-0.05, 0) is 24.4 Å². The van der Waals surface area contributed by atoms with E-state index in [4.69, 9.17) is 10.8 Å². The number of alkyl halides is 6. The molecule has 0 atom stereocenters. The molecule has 3 nitrogen and oxygen atoms in total. The van der Waals surface area contributed by atoms with E-state index >= 15 is 0 Å². The third-order valence-electron chi connectivity index (χ3n) is 2.47. The molecule has 0 unspecified atom stereocenters. The molecule has 0 saturated carbocycles. The van der Waals surface area contributed by atoms with Crippen molar-refractivity contribution in [2.75, 3.05) is 5.32 Å². The van der Waals surface area contributed by atoms with Crippen molar-refractivity contribution in [3.63, 3.8) is 0 Å². The third kappa shape index (κ3) is 3.18. The lowest BCUT2D eigenvalue weighted by Gasteiger charge is -2.32. The molecule has 1 aromatic rings. The summed E-state index contributed by atoms with van der Waals surface area (Å²) in [7, 11) is 0. The van der Waals surface area contributed by atoms with Crippen LogP contribution in [0.1, 0.15) is 5.56 Å². The van der Waals surface area contributed by atoms with Crippen LogP contribution in [0.4, 0.5) is 36.4 Å². The molecule has 0 aliphatic rings. The quantitative estimate of drug-likeness (QED) is 0.574. The lowest BCUT2D eigenvalue weighted by molar-refractivity contribution is -0.376. The van der Waals surface area contributed by atoms with E-state index in [1.807, 2.05) is 5.32 Å². The maximum absolute atomic E-state index is 13.5. The summed E-state index contributed by atoms with van der Waals surface area (Å²) < 4.78 is 89.0. The van der Waals surface area contributed by atoms with Gasteiger partial charge in [0.25, 0.3) is 5.60 Å². The van der Waals surface area contributed by atoms with E-state index in [1.54, 1.807) is 0 Å². The monoisotopic (exact) mass is 336 g/mol. The van der Waals surface area contributed by atoms with Crippen molar-refractivity contribution >= 4 is 23.0 Å². The van der Waals surface area contributed by atoms with E-state index in [-0.39, 0.29) is 12.1 Å². The number of halogens is 7. The summed E-state index contributed by atoms with van der Waals surface area (Å²) in [5.41, 5.74) is -2.44. The first-order valence-electron chi connectivity index (χ1n) is 5.03. The summed E-state index contributed by atoms with van der Waals surface area (Å²) in [6.07, 6.45) is -12.2. The molecule has 11 heteroatoms. The maximum atomic E-state index is 13.5. The van der Waals surface area contributed by atoms with Gasteiger partial charge in [-0.1, -0.05) is 6.07 Å². The molecule has 0 amide bonds. The molecule has 4 N–H and O–H groups in total. The lowest BCUT2D eigenvalue weighted by Crippen LogP contribution is -2.54. The van der Waals surface area contributed by atoms with Gasteiger partial charge in [-0.25, -0.2) is 4.39 Å². The predicted molar refractivity (Wildman–Crippen MR) is 62.8 cm³/mol. The van der Waals surface area contributed by atoms with Crippen molar-refractivity contribution in [1.82, 2.24) is 0 Å². The highest BCUT2D eigenvalue weighted by Gasteiger charge is 2.71. The van der Waals surface area contributed by atoms with Crippen LogP contribution in [0, 0.1) is 5.82 Å². The Morgan fingerprint density at radius 1 is 1.10 bits per heavy atom. The Morgan fingerprint density at radius 3 is 1.90 bits per heavy atom. The second kappa shape index (κ2) is 5.30. The van der Waals surface area contributed by atoms with Crippen LogP contribution in [-0.4, -0.2) is 22.6 Å². The molecule has 0 bridgehead atoms. The van der Waals surface area contributed by atoms with Gasteiger partial charge < -0.3 is 16.2 Å². The number of nitrogens with one attached hydrogen (secondary N) is 1. The summed E-state index contributed by atoms with van der Waals surface area (Å²) in [5, 5.41) is 10.6. The van der Waals surface area contributed by atoms with Crippen LogP contribution in [0.15, 0.2) is 18.2 Å². The van der Waals surface area contributed by atoms with Gasteiger partial charge in [0.05, 0.1) is 5.69 Å². The van der Waals surface area contributed by atoms with Crippen molar-refractivity contribution < 1.29 is 35.8 Å². The Hall–Kier alpha value is -1.62. The van der Waals surface area contributed by atoms with Gasteiger partial charge in [-0.15, -0.1) is 0 Å². The average molecular weight is 336 g/mol. The summed E-state index contributed by atoms with van der Waals surface area (Å²) >= 11 is 4.35. The number of nitrogens with two attached hydrogens (primary N) is 1. The molecule has 0 aliphatic carbocycles. The molecule has 0 heterocycles. The average Bonchev–Trinajstić information content (AvgIpc) is 2.27. The second-order valence-corrected chi connectivity index (χ2v) is 4.33. The SMILES string of the molecule is NC(=S)Nc1ccc(C(O)(C(F)(F)F)C(F)(F)F)cc1F. The minimum Gasteiger partial charge on any atom is -0.376 e. The number of rotatable bonds is 2. The van der Waals surface area contributed by atoms with Crippen molar-refractivity contribution in [3.8, 4) is 0 Å². The molecule has 1 aromatic carbocycles. The standard InChI is InChI=1S/C10H7F7N2OS/c11-5-3-4(1-2-6(5)19-7(18)21)8(20,9(12,13)14)10(15,16)17/h1-3,20H,(H3,18,19,21). The third-order valence-corrected chi connectivity index (χ3v) is 2.57. The molecule has 0 aliphatic heterocycles. The number of benzene rings is 1. The number of anilines is 1. The highest BCUT2D eigenvalue weighted by atomic mass is 32.1. The van der Waals surface area contributed by atoms with Gasteiger partial charge in [0, 0.05) is 5.56 Å². The van der Waals surface area contributed by atoms with Gasteiger partial charge in [0.15, 0.2) is 5.11 Å². The summed E-state index contributed by atoms with van der Waals surface area (Å²) in [5.74, 6) is -1.49. The Morgan fingerprint density at radius 2 is 1.57 bits per heavy atom. The second-order valence-electron chi connectivity index (χ2n) is 3.89. The van der Waals surface area contributed by atoms with Crippen LogP contribution < -0.4 is 11.1 Å². The van der Waals surface area contributed by atoms with Crippen LogP contribution in [0.25, 0.3) is 0 Å². The summed E-state index contributed by atoms with van der Waals surface area (Å²) in [6, 6.07) is 0.721. The molecular weight excluding hydrogens is 329 g/mol. The number of thiocarbonyl (C=S) groups is 1. The van der Waals surface area contributed by atoms with Crippen LogP contribution in [-0.2, 0) is 5.60 Å². The first kappa shape index (κ1) is 17.4. The topological polar surface area (TPSA) is 58.3 Å². The van der Waals surface area contributed by atoms with Gasteiger partial charge >= 0.3 is 12.4 Å². The van der Waals surface area contributed by atoms with E-state index in [0.717, 1.165) is 0 Å². The molecule has 0 aromatic heterocycles. The van der Waals surface area contributed by atoms with E-state index in [1.165, 1.54) is 0 Å². The minimum absolute atomic E-state index is 0.0956. The maximum Gasteiger partial charge on any atom is 0.430 e. The Balaban J connectivity index is 3.42. The Labute approximate surface area is 118 Å². The molecule has 118 valence electrons. The molecule has 0 fully saturated rings. The zero-order chi connectivity index (χ0) is 16.6. The van der Waals surface area contributed by atoms with Crippen LogP contribution in [0.2, 0.25) is 0 Å². The van der Waals surface area contributed by atoms with Crippen LogP contribution in [0.5, 0.6) is 0 Å². The Bertz CT molecular complexity index is 541. The summed E-state index contributed by atoms with van der Waals surface area (Å²) in [4.78, 5) is 0. The highest BCUT2D eigenvalue weighted by molar-refractivity contribution is 7.80. The van der Waals surface area contributed by atoms with Gasteiger partial charge in [-0.3, -0.25) is 0 Å². The zero-order valence-electron chi connectivity index (χ0n) is 9.81. The predicted octanol–water partition coefficient (Wildman–Crippen LogP) is 2.79. The molecule has 0 spiro atoms. The van der Waals surface area contributed by atoms with E-state index in [2.05, 4.69) is 12.2 Å². The van der Waals surface area contributed by atoms with E-state index in [9.17, 15) is 30.7 Å².